The zero-order chi connectivity index (χ0) is 21.4. The van der Waals surface area contributed by atoms with Crippen molar-refractivity contribution in [2.24, 2.45) is 10.1 Å². The Morgan fingerprint density at radius 3 is 2.70 bits per heavy atom. The highest BCUT2D eigenvalue weighted by atomic mass is 35.5. The minimum atomic E-state index is -0.656. The summed E-state index contributed by atoms with van der Waals surface area (Å²) in [5, 5.41) is 4.69. The number of methoxy groups -OCH3 is 1. The predicted molar refractivity (Wildman–Crippen MR) is 114 cm³/mol. The first-order valence-corrected chi connectivity index (χ1v) is 9.61. The summed E-state index contributed by atoms with van der Waals surface area (Å²) in [6.45, 7) is 1.81. The Labute approximate surface area is 181 Å². The highest BCUT2D eigenvalue weighted by molar-refractivity contribution is 6.36. The van der Waals surface area contributed by atoms with Crippen LogP contribution in [0, 0.1) is 0 Å². The van der Waals surface area contributed by atoms with Crippen molar-refractivity contribution in [2.45, 2.75) is 13.0 Å². The number of hydrogen-bond acceptors (Lipinski definition) is 5. The molecule has 0 saturated heterocycles. The third-order valence-electron chi connectivity index (χ3n) is 4.71. The molecule has 0 aliphatic carbocycles. The molecule has 1 aliphatic rings. The van der Waals surface area contributed by atoms with Crippen molar-refractivity contribution in [1.29, 1.82) is 0 Å². The molecule has 0 fully saturated rings. The molecule has 1 atom stereocenters. The maximum atomic E-state index is 12.4. The van der Waals surface area contributed by atoms with Gasteiger partial charge in [-0.1, -0.05) is 41.4 Å². The maximum Gasteiger partial charge on any atom is 0.358 e. The number of imidazole rings is 1. The molecule has 0 radical (unpaired) electrons. The molecule has 30 heavy (non-hydrogen) atoms. The number of benzene rings is 2. The van der Waals surface area contributed by atoms with E-state index in [-0.39, 0.29) is 11.6 Å². The van der Waals surface area contributed by atoms with Crippen molar-refractivity contribution >= 4 is 40.8 Å². The number of ether oxygens (including phenoxy) is 1. The van der Waals surface area contributed by atoms with Crippen molar-refractivity contribution in [3.8, 4) is 5.69 Å². The summed E-state index contributed by atoms with van der Waals surface area (Å²) in [5.41, 5.74) is 12.1. The van der Waals surface area contributed by atoms with Crippen LogP contribution in [-0.2, 0) is 4.74 Å². The van der Waals surface area contributed by atoms with Crippen LogP contribution in [-0.4, -0.2) is 28.3 Å². The lowest BCUT2D eigenvalue weighted by atomic mass is 10.0. The van der Waals surface area contributed by atoms with E-state index in [4.69, 9.17) is 38.5 Å². The van der Waals surface area contributed by atoms with E-state index in [0.29, 0.717) is 38.3 Å². The van der Waals surface area contributed by atoms with E-state index in [0.717, 1.165) is 0 Å². The summed E-state index contributed by atoms with van der Waals surface area (Å²) in [4.78, 5) is 24.3. The molecule has 1 unspecified atom stereocenters. The Morgan fingerprint density at radius 2 is 2.00 bits per heavy atom. The third kappa shape index (κ3) is 3.21. The molecule has 1 aromatic heterocycles. The number of esters is 1. The van der Waals surface area contributed by atoms with Gasteiger partial charge in [-0.25, -0.2) is 9.78 Å². The summed E-state index contributed by atoms with van der Waals surface area (Å²) in [6, 6.07) is 12.0. The van der Waals surface area contributed by atoms with Crippen LogP contribution in [0.2, 0.25) is 10.0 Å². The van der Waals surface area contributed by atoms with Gasteiger partial charge in [0.15, 0.2) is 5.69 Å². The second-order valence-electron chi connectivity index (χ2n) is 6.46. The highest BCUT2D eigenvalue weighted by Gasteiger charge is 2.32. The number of hydrogen-bond donors (Lipinski definition) is 0. The molecule has 0 saturated carbocycles. The Balaban J connectivity index is 2.12. The number of carbonyl (C=O) groups excluding carboxylic acids is 1. The molecular weight excluding hydrogens is 427 g/mol. The summed E-state index contributed by atoms with van der Waals surface area (Å²) in [6.07, 6.45) is 0. The van der Waals surface area contributed by atoms with Crippen LogP contribution in [0.4, 0.5) is 5.95 Å². The van der Waals surface area contributed by atoms with Crippen LogP contribution in [0.3, 0.4) is 0 Å². The average molecular weight is 441 g/mol. The zero-order valence-electron chi connectivity index (χ0n) is 15.9. The van der Waals surface area contributed by atoms with Gasteiger partial charge in [0, 0.05) is 26.1 Å². The second-order valence-corrected chi connectivity index (χ2v) is 7.30. The Bertz CT molecular complexity index is 1260. The van der Waals surface area contributed by atoms with Crippen LogP contribution >= 0.6 is 23.2 Å². The number of carbonyl (C=O) groups is 1. The standard InChI is InChI=1S/C20H14Cl2N6O2/c1-10-18-17(19(29)30-2)25-20(26-27-23)28(18)15-8-7-11(21)9-13(15)16(24-10)12-5-3-4-6-14(12)22/h3-10H,1-2H3. The molecule has 4 rings (SSSR count). The Morgan fingerprint density at radius 1 is 1.23 bits per heavy atom. The maximum absolute atomic E-state index is 12.4. The van der Waals surface area contributed by atoms with Gasteiger partial charge in [0.2, 0.25) is 5.95 Å². The first-order valence-electron chi connectivity index (χ1n) is 8.85. The van der Waals surface area contributed by atoms with Gasteiger partial charge in [0.05, 0.1) is 30.2 Å². The number of aliphatic imine (C=N–C) groups is 1. The quantitative estimate of drug-likeness (QED) is 0.221. The Hall–Kier alpha value is -3.32. The monoisotopic (exact) mass is 440 g/mol. The van der Waals surface area contributed by atoms with Crippen molar-refractivity contribution in [2.75, 3.05) is 7.11 Å². The lowest BCUT2D eigenvalue weighted by Gasteiger charge is -2.14. The summed E-state index contributed by atoms with van der Waals surface area (Å²) < 4.78 is 6.49. The number of halogens is 2. The summed E-state index contributed by atoms with van der Waals surface area (Å²) >= 11 is 12.8. The largest absolute Gasteiger partial charge is 0.464 e. The molecule has 0 N–H and O–H groups in total. The van der Waals surface area contributed by atoms with Crippen LogP contribution in [0.15, 0.2) is 52.6 Å². The molecule has 0 spiro atoms. The summed E-state index contributed by atoms with van der Waals surface area (Å²) in [7, 11) is 1.26. The fourth-order valence-electron chi connectivity index (χ4n) is 3.48. The van der Waals surface area contributed by atoms with Gasteiger partial charge in [-0.05, 0) is 41.8 Å². The van der Waals surface area contributed by atoms with Crippen molar-refractivity contribution < 1.29 is 9.53 Å². The lowest BCUT2D eigenvalue weighted by Crippen LogP contribution is -2.09. The lowest BCUT2D eigenvalue weighted by molar-refractivity contribution is 0.0592. The van der Waals surface area contributed by atoms with E-state index in [2.05, 4.69) is 15.0 Å². The minimum absolute atomic E-state index is 0.000990. The molecule has 3 aromatic rings. The fraction of sp³-hybridized carbons (Fsp3) is 0.150. The molecule has 8 nitrogen and oxygen atoms in total. The van der Waals surface area contributed by atoms with Crippen molar-refractivity contribution in [3.05, 3.63) is 85.5 Å². The molecule has 150 valence electrons. The van der Waals surface area contributed by atoms with Gasteiger partial charge in [-0.15, -0.1) is 0 Å². The van der Waals surface area contributed by atoms with E-state index in [1.807, 2.05) is 25.1 Å². The predicted octanol–water partition coefficient (Wildman–Crippen LogP) is 5.82. The van der Waals surface area contributed by atoms with Crippen LogP contribution in [0.25, 0.3) is 16.1 Å². The minimum Gasteiger partial charge on any atom is -0.464 e. The van der Waals surface area contributed by atoms with Gasteiger partial charge in [-0.2, -0.15) is 0 Å². The van der Waals surface area contributed by atoms with E-state index in [1.54, 1.807) is 28.8 Å². The first kappa shape index (κ1) is 20.0. The number of aromatic nitrogens is 2. The van der Waals surface area contributed by atoms with Crippen molar-refractivity contribution in [3.63, 3.8) is 0 Å². The molecule has 0 bridgehead atoms. The molecular formula is C20H14Cl2N6O2. The Kier molecular flexibility index (Phi) is 5.22. The van der Waals surface area contributed by atoms with E-state index in [1.165, 1.54) is 7.11 Å². The normalized spacial score (nSPS) is 14.7. The van der Waals surface area contributed by atoms with E-state index < -0.39 is 12.0 Å². The fourth-order valence-corrected chi connectivity index (χ4v) is 3.88. The van der Waals surface area contributed by atoms with Crippen LogP contribution in [0.5, 0.6) is 0 Å². The molecule has 1 aliphatic heterocycles. The van der Waals surface area contributed by atoms with Crippen molar-refractivity contribution in [1.82, 2.24) is 9.55 Å². The zero-order valence-corrected chi connectivity index (χ0v) is 17.4. The highest BCUT2D eigenvalue weighted by Crippen LogP contribution is 2.38. The van der Waals surface area contributed by atoms with Gasteiger partial charge < -0.3 is 4.74 Å². The molecule has 0 amide bonds. The van der Waals surface area contributed by atoms with Gasteiger partial charge in [0.25, 0.3) is 0 Å². The number of rotatable bonds is 3. The van der Waals surface area contributed by atoms with Crippen LogP contribution < -0.4 is 0 Å². The van der Waals surface area contributed by atoms with Gasteiger partial charge >= 0.3 is 5.97 Å². The molecule has 2 heterocycles. The topological polar surface area (TPSA) is 105 Å². The van der Waals surface area contributed by atoms with Crippen LogP contribution in [0.1, 0.15) is 40.3 Å². The second kappa shape index (κ2) is 7.84. The smallest absolute Gasteiger partial charge is 0.358 e. The summed E-state index contributed by atoms with van der Waals surface area (Å²) in [5.74, 6) is -0.657. The van der Waals surface area contributed by atoms with E-state index in [9.17, 15) is 4.79 Å². The molecule has 2 aromatic carbocycles. The van der Waals surface area contributed by atoms with E-state index >= 15 is 0 Å². The third-order valence-corrected chi connectivity index (χ3v) is 5.27. The van der Waals surface area contributed by atoms with Gasteiger partial charge in [0.1, 0.15) is 0 Å². The number of nitrogens with zero attached hydrogens (tertiary/aromatic N) is 6. The molecule has 10 heteroatoms. The van der Waals surface area contributed by atoms with Gasteiger partial charge in [-0.3, -0.25) is 9.56 Å². The first-order chi connectivity index (χ1) is 14.5. The number of fused-ring (bicyclic) bond motifs is 3. The number of azide groups is 1. The average Bonchev–Trinajstić information content (AvgIpc) is 3.05. The SMILES string of the molecule is COC(=O)c1nc(N=[N+]=[N-])n2c1C(C)N=C(c1ccccc1Cl)c1cc(Cl)ccc1-2.